The summed E-state index contributed by atoms with van der Waals surface area (Å²) < 4.78 is 2.17. The van der Waals surface area contributed by atoms with Gasteiger partial charge in [-0.3, -0.25) is 4.98 Å². The molecule has 0 bridgehead atoms. The first-order valence-corrected chi connectivity index (χ1v) is 5.67. The fraction of sp³-hybridized carbons (Fsp3) is 0.333. The van der Waals surface area contributed by atoms with Crippen molar-refractivity contribution in [3.05, 3.63) is 42.2 Å². The first-order valence-electron chi connectivity index (χ1n) is 5.67. The summed E-state index contributed by atoms with van der Waals surface area (Å²) in [5.74, 6) is 1.08. The van der Waals surface area contributed by atoms with Gasteiger partial charge in [-0.1, -0.05) is 0 Å². The van der Waals surface area contributed by atoms with Crippen molar-refractivity contribution in [1.82, 2.24) is 14.5 Å². The fourth-order valence-corrected chi connectivity index (χ4v) is 2.14. The lowest BCUT2D eigenvalue weighted by Crippen LogP contribution is -2.33. The van der Waals surface area contributed by atoms with Gasteiger partial charge >= 0.3 is 0 Å². The van der Waals surface area contributed by atoms with E-state index in [9.17, 15) is 0 Å². The van der Waals surface area contributed by atoms with Crippen LogP contribution >= 0.6 is 0 Å². The number of aliphatic hydroxyl groups excluding tert-OH is 1. The van der Waals surface area contributed by atoms with Gasteiger partial charge in [0.05, 0.1) is 18.8 Å². The Labute approximate surface area is 99.4 Å². The van der Waals surface area contributed by atoms with Crippen LogP contribution in [0, 0.1) is 0 Å². The van der Waals surface area contributed by atoms with E-state index >= 15 is 0 Å². The maximum absolute atomic E-state index is 9.09. The van der Waals surface area contributed by atoms with Crippen LogP contribution in [0.2, 0.25) is 0 Å². The van der Waals surface area contributed by atoms with Gasteiger partial charge in [0.15, 0.2) is 0 Å². The van der Waals surface area contributed by atoms with Crippen LogP contribution in [0.4, 0.5) is 5.69 Å². The Morgan fingerprint density at radius 3 is 3.06 bits per heavy atom. The quantitative estimate of drug-likeness (QED) is 0.828. The van der Waals surface area contributed by atoms with E-state index in [0.29, 0.717) is 5.69 Å². The van der Waals surface area contributed by atoms with Gasteiger partial charge < -0.3 is 14.6 Å². The summed E-state index contributed by atoms with van der Waals surface area (Å²) in [6, 6.07) is 3.90. The van der Waals surface area contributed by atoms with Crippen molar-refractivity contribution >= 4 is 5.69 Å². The molecule has 0 atom stereocenters. The van der Waals surface area contributed by atoms with E-state index in [0.717, 1.165) is 31.1 Å². The van der Waals surface area contributed by atoms with Gasteiger partial charge in [-0.2, -0.15) is 0 Å². The van der Waals surface area contributed by atoms with E-state index in [1.165, 1.54) is 0 Å². The third kappa shape index (κ3) is 1.89. The van der Waals surface area contributed by atoms with E-state index in [2.05, 4.69) is 19.4 Å². The summed E-state index contributed by atoms with van der Waals surface area (Å²) >= 11 is 0. The highest BCUT2D eigenvalue weighted by molar-refractivity contribution is 5.47. The molecule has 0 aromatic carbocycles. The standard InChI is InChI=1S/C12H14N4O/c17-9-10-7-11(1-2-13-10)16-6-5-15-4-3-14-12(15)8-16/h1-4,7,17H,5-6,8-9H2. The number of hydrogen-bond donors (Lipinski definition) is 1. The summed E-state index contributed by atoms with van der Waals surface area (Å²) in [4.78, 5) is 10.7. The van der Waals surface area contributed by atoms with Gasteiger partial charge in [0.25, 0.3) is 0 Å². The molecular formula is C12H14N4O. The van der Waals surface area contributed by atoms with Crippen molar-refractivity contribution < 1.29 is 5.11 Å². The Hall–Kier alpha value is -1.88. The molecule has 88 valence electrons. The Morgan fingerprint density at radius 1 is 1.24 bits per heavy atom. The second-order valence-electron chi connectivity index (χ2n) is 4.12. The molecule has 0 radical (unpaired) electrons. The Morgan fingerprint density at radius 2 is 2.18 bits per heavy atom. The largest absolute Gasteiger partial charge is 0.390 e. The molecule has 2 aromatic heterocycles. The van der Waals surface area contributed by atoms with Crippen LogP contribution < -0.4 is 4.90 Å². The van der Waals surface area contributed by atoms with Crippen molar-refractivity contribution in [3.8, 4) is 0 Å². The molecule has 5 heteroatoms. The van der Waals surface area contributed by atoms with E-state index in [1.54, 1.807) is 6.20 Å². The average molecular weight is 230 g/mol. The number of pyridine rings is 1. The van der Waals surface area contributed by atoms with Crippen molar-refractivity contribution in [2.45, 2.75) is 19.7 Å². The van der Waals surface area contributed by atoms with Crippen molar-refractivity contribution in [3.63, 3.8) is 0 Å². The summed E-state index contributed by atoms with van der Waals surface area (Å²) in [6.45, 7) is 2.70. The van der Waals surface area contributed by atoms with Crippen LogP contribution in [0.15, 0.2) is 30.7 Å². The van der Waals surface area contributed by atoms with Gasteiger partial charge in [-0.25, -0.2) is 4.98 Å². The Kier molecular flexibility index (Phi) is 2.53. The van der Waals surface area contributed by atoms with Crippen LogP contribution in [0.25, 0.3) is 0 Å². The monoisotopic (exact) mass is 230 g/mol. The Bertz CT molecular complexity index is 523. The zero-order valence-electron chi connectivity index (χ0n) is 9.45. The van der Waals surface area contributed by atoms with Gasteiger partial charge in [0, 0.05) is 37.4 Å². The zero-order chi connectivity index (χ0) is 11.7. The maximum atomic E-state index is 9.09. The number of hydrogen-bond acceptors (Lipinski definition) is 4. The summed E-state index contributed by atoms with van der Waals surface area (Å²) in [5.41, 5.74) is 1.80. The molecule has 0 aliphatic carbocycles. The van der Waals surface area contributed by atoms with Crippen molar-refractivity contribution in [2.24, 2.45) is 0 Å². The third-order valence-electron chi connectivity index (χ3n) is 3.07. The molecule has 3 heterocycles. The molecule has 1 N–H and O–H groups in total. The predicted molar refractivity (Wildman–Crippen MR) is 63.4 cm³/mol. The number of anilines is 1. The first kappa shape index (κ1) is 10.3. The normalized spacial score (nSPS) is 14.8. The van der Waals surface area contributed by atoms with Crippen molar-refractivity contribution in [2.75, 3.05) is 11.4 Å². The lowest BCUT2D eigenvalue weighted by molar-refractivity contribution is 0.277. The molecule has 2 aromatic rings. The number of imidazole rings is 1. The van der Waals surface area contributed by atoms with Gasteiger partial charge in [0.1, 0.15) is 5.82 Å². The lowest BCUT2D eigenvalue weighted by Gasteiger charge is -2.29. The molecule has 1 aliphatic rings. The van der Waals surface area contributed by atoms with E-state index in [1.807, 2.05) is 24.5 Å². The van der Waals surface area contributed by atoms with E-state index < -0.39 is 0 Å². The molecule has 0 saturated carbocycles. The number of aromatic nitrogens is 3. The highest BCUT2D eigenvalue weighted by Gasteiger charge is 2.16. The predicted octanol–water partition coefficient (Wildman–Crippen LogP) is 0.791. The molecule has 3 rings (SSSR count). The Balaban J connectivity index is 1.86. The highest BCUT2D eigenvalue weighted by atomic mass is 16.3. The van der Waals surface area contributed by atoms with Crippen LogP contribution in [-0.2, 0) is 19.7 Å². The molecule has 0 unspecified atom stereocenters. The van der Waals surface area contributed by atoms with Crippen LogP contribution in [0.1, 0.15) is 11.5 Å². The number of aliphatic hydroxyl groups is 1. The minimum absolute atomic E-state index is 0.0176. The van der Waals surface area contributed by atoms with Crippen LogP contribution in [0.3, 0.4) is 0 Å². The van der Waals surface area contributed by atoms with E-state index in [-0.39, 0.29) is 6.61 Å². The van der Waals surface area contributed by atoms with Gasteiger partial charge in [-0.15, -0.1) is 0 Å². The van der Waals surface area contributed by atoms with Crippen molar-refractivity contribution in [1.29, 1.82) is 0 Å². The summed E-state index contributed by atoms with van der Waals surface area (Å²) in [7, 11) is 0. The average Bonchev–Trinajstić information content (AvgIpc) is 2.86. The molecule has 17 heavy (non-hydrogen) atoms. The first-order chi connectivity index (χ1) is 8.36. The van der Waals surface area contributed by atoms with Crippen LogP contribution in [0.5, 0.6) is 0 Å². The number of rotatable bonds is 2. The minimum Gasteiger partial charge on any atom is -0.390 e. The number of fused-ring (bicyclic) bond motifs is 1. The SMILES string of the molecule is OCc1cc(N2CCn3ccnc3C2)ccn1. The third-order valence-corrected chi connectivity index (χ3v) is 3.07. The minimum atomic E-state index is -0.0176. The molecule has 0 fully saturated rings. The van der Waals surface area contributed by atoms with Crippen LogP contribution in [-0.4, -0.2) is 26.2 Å². The molecule has 5 nitrogen and oxygen atoms in total. The molecular weight excluding hydrogens is 216 g/mol. The van der Waals surface area contributed by atoms with Gasteiger partial charge in [-0.05, 0) is 12.1 Å². The molecule has 1 aliphatic heterocycles. The second-order valence-corrected chi connectivity index (χ2v) is 4.12. The highest BCUT2D eigenvalue weighted by Crippen LogP contribution is 2.20. The van der Waals surface area contributed by atoms with E-state index in [4.69, 9.17) is 5.11 Å². The zero-order valence-corrected chi connectivity index (χ0v) is 9.45. The lowest BCUT2D eigenvalue weighted by atomic mass is 10.2. The second kappa shape index (κ2) is 4.18. The molecule has 0 saturated heterocycles. The topological polar surface area (TPSA) is 54.2 Å². The molecule has 0 amide bonds. The smallest absolute Gasteiger partial charge is 0.128 e. The van der Waals surface area contributed by atoms with Gasteiger partial charge in [0.2, 0.25) is 0 Å². The summed E-state index contributed by atoms with van der Waals surface area (Å²) in [5, 5.41) is 9.09. The fourth-order valence-electron chi connectivity index (χ4n) is 2.14. The maximum Gasteiger partial charge on any atom is 0.128 e. The number of nitrogens with zero attached hydrogens (tertiary/aromatic N) is 4. The molecule has 0 spiro atoms. The summed E-state index contributed by atoms with van der Waals surface area (Å²) in [6.07, 6.45) is 5.59.